The van der Waals surface area contributed by atoms with Crippen molar-refractivity contribution in [2.75, 3.05) is 34.9 Å². The lowest BCUT2D eigenvalue weighted by Crippen LogP contribution is -2.35. The highest BCUT2D eigenvalue weighted by Gasteiger charge is 2.42. The molecular weight excluding hydrogens is 262 g/mol. The average Bonchev–Trinajstić information content (AvgIpc) is 3.18. The van der Waals surface area contributed by atoms with E-state index in [0.29, 0.717) is 0 Å². The first-order chi connectivity index (χ1) is 9.75. The summed E-state index contributed by atoms with van der Waals surface area (Å²) in [4.78, 5) is 0. The van der Waals surface area contributed by atoms with Gasteiger partial charge in [0, 0.05) is 7.11 Å². The topological polar surface area (TPSA) is 21.8 Å². The Kier molecular flexibility index (Phi) is 4.48. The molecule has 21 heavy (non-hydrogen) atoms. The smallest absolute Gasteiger partial charge is 0.132 e. The lowest BCUT2D eigenvalue weighted by atomic mass is 9.84. The molecule has 1 aliphatic rings. The molecule has 1 saturated heterocycles. The van der Waals surface area contributed by atoms with Gasteiger partial charge in [0.2, 0.25) is 0 Å². The van der Waals surface area contributed by atoms with E-state index in [1.165, 1.54) is 11.3 Å². The van der Waals surface area contributed by atoms with Crippen molar-refractivity contribution in [3.8, 4) is 0 Å². The Hall–Kier alpha value is -0.900. The van der Waals surface area contributed by atoms with E-state index in [9.17, 15) is 0 Å². The second-order valence-corrected chi connectivity index (χ2v) is 7.35. The lowest BCUT2D eigenvalue weighted by Gasteiger charge is -2.33. The monoisotopic (exact) mass is 292 g/mol. The third-order valence-corrected chi connectivity index (χ3v) is 4.82. The van der Waals surface area contributed by atoms with Gasteiger partial charge in [0.1, 0.15) is 5.69 Å². The van der Waals surface area contributed by atoms with Gasteiger partial charge >= 0.3 is 0 Å². The normalized spacial score (nSPS) is 24.7. The maximum Gasteiger partial charge on any atom is 0.132 e. The van der Waals surface area contributed by atoms with Crippen molar-refractivity contribution in [3.05, 3.63) is 29.8 Å². The molecule has 1 aliphatic heterocycles. The van der Waals surface area contributed by atoms with Crippen LogP contribution in [-0.4, -0.2) is 40.5 Å². The molecule has 0 aromatic heterocycles. The average molecular weight is 292 g/mol. The molecule has 0 amide bonds. The minimum absolute atomic E-state index is 0.0845. The van der Waals surface area contributed by atoms with E-state index in [1.54, 1.807) is 0 Å². The zero-order valence-electron chi connectivity index (χ0n) is 14.4. The van der Waals surface area contributed by atoms with Gasteiger partial charge in [0.05, 0.1) is 39.0 Å². The largest absolute Gasteiger partial charge is 0.374 e. The second-order valence-electron chi connectivity index (χ2n) is 7.35. The molecule has 0 radical (unpaired) electrons. The number of hydrogen-bond acceptors (Lipinski definition) is 2. The van der Waals surface area contributed by atoms with Crippen molar-refractivity contribution in [3.63, 3.8) is 0 Å². The van der Waals surface area contributed by atoms with E-state index >= 15 is 0 Å². The van der Waals surface area contributed by atoms with Crippen LogP contribution in [0.1, 0.15) is 38.7 Å². The van der Waals surface area contributed by atoms with Crippen LogP contribution in [0.2, 0.25) is 0 Å². The first-order valence-corrected chi connectivity index (χ1v) is 7.86. The van der Waals surface area contributed by atoms with Gasteiger partial charge < -0.3 is 9.47 Å². The Bertz CT molecular complexity index is 465. The van der Waals surface area contributed by atoms with Gasteiger partial charge in [-0.05, 0) is 43.9 Å². The minimum Gasteiger partial charge on any atom is -0.374 e. The lowest BCUT2D eigenvalue weighted by molar-refractivity contribution is -0.0311. The van der Waals surface area contributed by atoms with Gasteiger partial charge in [-0.2, -0.15) is 0 Å². The van der Waals surface area contributed by atoms with Crippen LogP contribution in [-0.2, 0) is 15.1 Å². The van der Waals surface area contributed by atoms with Crippen LogP contribution in [0.15, 0.2) is 24.3 Å². The van der Waals surface area contributed by atoms with Crippen LogP contribution in [0, 0.1) is 0 Å². The predicted molar refractivity (Wildman–Crippen MR) is 88.6 cm³/mol. The van der Waals surface area contributed by atoms with E-state index in [2.05, 4.69) is 59.3 Å². The maximum atomic E-state index is 5.96. The third-order valence-electron chi connectivity index (χ3n) is 4.82. The number of methoxy groups -OCH3 is 1. The molecule has 0 spiro atoms. The summed E-state index contributed by atoms with van der Waals surface area (Å²) in [6.07, 6.45) is 3.02. The molecule has 2 rings (SSSR count). The number of benzene rings is 1. The molecule has 3 heteroatoms. The molecule has 2 unspecified atom stereocenters. The number of epoxide rings is 1. The van der Waals surface area contributed by atoms with Crippen LogP contribution in [0.5, 0.6) is 0 Å². The molecule has 0 aliphatic carbocycles. The van der Waals surface area contributed by atoms with E-state index in [1.807, 2.05) is 7.11 Å². The summed E-state index contributed by atoms with van der Waals surface area (Å²) in [7, 11) is 8.38. The van der Waals surface area contributed by atoms with Gasteiger partial charge in [0.15, 0.2) is 0 Å². The van der Waals surface area contributed by atoms with Crippen LogP contribution < -0.4 is 4.48 Å². The van der Waals surface area contributed by atoms with Crippen molar-refractivity contribution in [1.29, 1.82) is 0 Å². The molecule has 3 nitrogen and oxygen atoms in total. The summed E-state index contributed by atoms with van der Waals surface area (Å²) >= 11 is 0. The molecule has 1 heterocycles. The third kappa shape index (κ3) is 3.65. The fraction of sp³-hybridized carbons (Fsp3) is 0.667. The van der Waals surface area contributed by atoms with Gasteiger partial charge in [-0.15, -0.1) is 0 Å². The molecule has 0 saturated carbocycles. The zero-order chi connectivity index (χ0) is 15.7. The molecule has 0 bridgehead atoms. The molecule has 1 aromatic rings. The number of ether oxygens (including phenoxy) is 2. The highest BCUT2D eigenvalue weighted by Crippen LogP contribution is 2.40. The Morgan fingerprint density at radius 1 is 1.24 bits per heavy atom. The van der Waals surface area contributed by atoms with Crippen molar-refractivity contribution >= 4 is 5.69 Å². The Morgan fingerprint density at radius 3 is 2.19 bits per heavy atom. The quantitative estimate of drug-likeness (QED) is 0.564. The Balaban J connectivity index is 2.20. The number of rotatable bonds is 7. The number of hydrogen-bond donors (Lipinski definition) is 0. The van der Waals surface area contributed by atoms with Crippen molar-refractivity contribution in [1.82, 2.24) is 4.48 Å². The van der Waals surface area contributed by atoms with Gasteiger partial charge in [0.25, 0.3) is 0 Å². The standard InChI is InChI=1S/C18H30NO2/c1-7-18(20-6,13-12-17(2)14-21-17)15-8-10-16(11-9-15)19(3,4)5/h8-11H,7,12-14H2,1-6H3/q+1. The van der Waals surface area contributed by atoms with E-state index in [4.69, 9.17) is 9.47 Å². The number of nitrogens with zero attached hydrogens (tertiary/aromatic N) is 1. The summed E-state index contributed by atoms with van der Waals surface area (Å²) in [5.74, 6) is 0. The SMILES string of the molecule is CCC(CCC1(C)CO1)(OC)c1ccc([N+](C)(C)C)cc1. The molecular formula is C18H30NO2+. The van der Waals surface area contributed by atoms with Crippen LogP contribution in [0.25, 0.3) is 0 Å². The van der Waals surface area contributed by atoms with Crippen molar-refractivity contribution in [2.45, 2.75) is 44.3 Å². The maximum absolute atomic E-state index is 5.96. The summed E-state index contributed by atoms with van der Waals surface area (Å²) in [6, 6.07) is 8.88. The van der Waals surface area contributed by atoms with Crippen LogP contribution >= 0.6 is 0 Å². The Labute approximate surface area is 129 Å². The van der Waals surface area contributed by atoms with Gasteiger partial charge in [-0.25, -0.2) is 0 Å². The minimum atomic E-state index is -0.196. The molecule has 2 atom stereocenters. The number of quaternary nitrogens is 1. The first-order valence-electron chi connectivity index (χ1n) is 7.86. The summed E-state index contributed by atoms with van der Waals surface area (Å²) in [5, 5.41) is 0. The molecule has 1 fully saturated rings. The highest BCUT2D eigenvalue weighted by molar-refractivity contribution is 5.44. The Morgan fingerprint density at radius 2 is 1.81 bits per heavy atom. The van der Waals surface area contributed by atoms with E-state index in [0.717, 1.165) is 30.4 Å². The van der Waals surface area contributed by atoms with E-state index < -0.39 is 0 Å². The predicted octanol–water partition coefficient (Wildman–Crippen LogP) is 3.70. The fourth-order valence-corrected chi connectivity index (χ4v) is 2.84. The van der Waals surface area contributed by atoms with Crippen molar-refractivity contribution < 1.29 is 9.47 Å². The van der Waals surface area contributed by atoms with Crippen LogP contribution in [0.3, 0.4) is 0 Å². The van der Waals surface area contributed by atoms with Crippen LogP contribution in [0.4, 0.5) is 5.69 Å². The molecule has 118 valence electrons. The van der Waals surface area contributed by atoms with E-state index in [-0.39, 0.29) is 11.2 Å². The fourth-order valence-electron chi connectivity index (χ4n) is 2.84. The molecule has 1 aromatic carbocycles. The summed E-state index contributed by atoms with van der Waals surface area (Å²) < 4.78 is 12.3. The van der Waals surface area contributed by atoms with Gasteiger partial charge in [-0.1, -0.05) is 19.1 Å². The summed E-state index contributed by atoms with van der Waals surface area (Å²) in [6.45, 7) is 5.27. The molecule has 0 N–H and O–H groups in total. The summed E-state index contributed by atoms with van der Waals surface area (Å²) in [5.41, 5.74) is 2.46. The first kappa shape index (κ1) is 16.5. The van der Waals surface area contributed by atoms with Crippen molar-refractivity contribution in [2.24, 2.45) is 0 Å². The second kappa shape index (κ2) is 5.71. The highest BCUT2D eigenvalue weighted by atomic mass is 16.6. The van der Waals surface area contributed by atoms with Gasteiger partial charge in [-0.3, -0.25) is 4.48 Å². The zero-order valence-corrected chi connectivity index (χ0v) is 14.4.